The second-order valence-corrected chi connectivity index (χ2v) is 9.80. The molecule has 1 aliphatic rings. The molecule has 1 fully saturated rings. The molecule has 4 N–H and O–H groups in total. The number of aromatic nitrogens is 2. The van der Waals surface area contributed by atoms with Gasteiger partial charge in [0.1, 0.15) is 5.82 Å². The van der Waals surface area contributed by atoms with Gasteiger partial charge in [-0.15, -0.1) is 11.8 Å². The molecule has 12 heteroatoms. The highest BCUT2D eigenvalue weighted by molar-refractivity contribution is 5.74. The number of H-pyrrole nitrogens is 1. The molecule has 2 heterocycles. The van der Waals surface area contributed by atoms with Crippen molar-refractivity contribution >= 4 is 11.7 Å². The van der Waals surface area contributed by atoms with Gasteiger partial charge in [-0.3, -0.25) is 15.3 Å². The molecule has 0 aliphatic carbocycles. The molecule has 40 heavy (non-hydrogen) atoms. The molecule has 0 bridgehead atoms. The number of halogens is 3. The Balaban J connectivity index is 1.31. The van der Waals surface area contributed by atoms with E-state index in [0.29, 0.717) is 31.0 Å². The number of nitrogens with one attached hydrogen (secondary N) is 2. The molecule has 0 unspecified atom stereocenters. The summed E-state index contributed by atoms with van der Waals surface area (Å²) in [6.07, 6.45) is -1.14. The zero-order chi connectivity index (χ0) is 28.9. The van der Waals surface area contributed by atoms with Crippen molar-refractivity contribution in [2.24, 2.45) is 0 Å². The molecular formula is C28H33F3N6O3. The lowest BCUT2D eigenvalue weighted by Gasteiger charge is -2.38. The van der Waals surface area contributed by atoms with Crippen LogP contribution in [0.15, 0.2) is 61.2 Å². The lowest BCUT2D eigenvalue weighted by atomic mass is 10.0. The SMILES string of the molecule is C=CCN(C(=O)NCc1ccc(N(O)O)cc1)C1CCN(Cc2nc(-c3ccc(C(F)(F)F)cc3)[nH]c2C)CC1. The Morgan fingerprint density at radius 3 is 2.38 bits per heavy atom. The minimum atomic E-state index is -4.38. The van der Waals surface area contributed by atoms with Gasteiger partial charge in [-0.05, 0) is 49.6 Å². The van der Waals surface area contributed by atoms with Crippen LogP contribution in [-0.2, 0) is 19.3 Å². The highest BCUT2D eigenvalue weighted by Gasteiger charge is 2.30. The van der Waals surface area contributed by atoms with Crippen molar-refractivity contribution in [1.82, 2.24) is 25.1 Å². The first-order valence-corrected chi connectivity index (χ1v) is 12.9. The molecule has 9 nitrogen and oxygen atoms in total. The van der Waals surface area contributed by atoms with Crippen LogP contribution in [0.5, 0.6) is 0 Å². The number of imidazole rings is 1. The molecule has 2 amide bonds. The van der Waals surface area contributed by atoms with Crippen LogP contribution in [0.2, 0.25) is 0 Å². The molecule has 1 aromatic heterocycles. The zero-order valence-corrected chi connectivity index (χ0v) is 22.2. The van der Waals surface area contributed by atoms with Crippen molar-refractivity contribution in [3.05, 3.63) is 83.7 Å². The van der Waals surface area contributed by atoms with E-state index in [0.717, 1.165) is 55.0 Å². The topological polar surface area (TPSA) is 108 Å². The van der Waals surface area contributed by atoms with Gasteiger partial charge in [0.25, 0.3) is 0 Å². The highest BCUT2D eigenvalue weighted by Crippen LogP contribution is 2.31. The number of amides is 2. The summed E-state index contributed by atoms with van der Waals surface area (Å²) in [4.78, 5) is 24.9. The first-order chi connectivity index (χ1) is 19.0. The largest absolute Gasteiger partial charge is 0.416 e. The van der Waals surface area contributed by atoms with Crippen LogP contribution < -0.4 is 10.5 Å². The number of likely N-dealkylation sites (tertiary alicyclic amines) is 1. The van der Waals surface area contributed by atoms with Gasteiger partial charge in [0.05, 0.1) is 16.9 Å². The van der Waals surface area contributed by atoms with Crippen LogP contribution in [0, 0.1) is 6.92 Å². The second-order valence-electron chi connectivity index (χ2n) is 9.80. The van der Waals surface area contributed by atoms with Gasteiger partial charge < -0.3 is 15.2 Å². The zero-order valence-electron chi connectivity index (χ0n) is 22.2. The van der Waals surface area contributed by atoms with Crippen molar-refractivity contribution in [1.29, 1.82) is 0 Å². The number of alkyl halides is 3. The number of hydrogen-bond donors (Lipinski definition) is 4. The van der Waals surface area contributed by atoms with Crippen LogP contribution in [0.3, 0.4) is 0 Å². The first-order valence-electron chi connectivity index (χ1n) is 12.9. The van der Waals surface area contributed by atoms with E-state index >= 15 is 0 Å². The maximum atomic E-state index is 13.0. The number of carbonyl (C=O) groups is 1. The van der Waals surface area contributed by atoms with Crippen molar-refractivity contribution in [3.63, 3.8) is 0 Å². The average molecular weight is 559 g/mol. The lowest BCUT2D eigenvalue weighted by Crippen LogP contribution is -2.50. The number of aryl methyl sites for hydroxylation is 1. The molecule has 214 valence electrons. The van der Waals surface area contributed by atoms with Gasteiger partial charge in [-0.2, -0.15) is 13.2 Å². The summed E-state index contributed by atoms with van der Waals surface area (Å²) in [6, 6.07) is 11.3. The summed E-state index contributed by atoms with van der Waals surface area (Å²) in [7, 11) is 0. The Bertz CT molecular complexity index is 1280. The third-order valence-corrected chi connectivity index (χ3v) is 7.04. The molecule has 4 rings (SSSR count). The maximum Gasteiger partial charge on any atom is 0.416 e. The summed E-state index contributed by atoms with van der Waals surface area (Å²) in [5.74, 6) is 0.532. The van der Waals surface area contributed by atoms with E-state index in [-0.39, 0.29) is 23.0 Å². The predicted molar refractivity (Wildman–Crippen MR) is 144 cm³/mol. The summed E-state index contributed by atoms with van der Waals surface area (Å²) in [5, 5.41) is 21.1. The van der Waals surface area contributed by atoms with E-state index in [2.05, 4.69) is 26.8 Å². The highest BCUT2D eigenvalue weighted by atomic mass is 19.4. The Morgan fingerprint density at radius 1 is 1.15 bits per heavy atom. The minimum absolute atomic E-state index is 0.0339. The third-order valence-electron chi connectivity index (χ3n) is 7.04. The normalized spacial score (nSPS) is 14.7. The molecule has 0 saturated carbocycles. The fourth-order valence-electron chi connectivity index (χ4n) is 4.77. The Hall–Kier alpha value is -3.87. The Kier molecular flexibility index (Phi) is 9.13. The smallest absolute Gasteiger partial charge is 0.342 e. The number of benzene rings is 2. The second kappa shape index (κ2) is 12.5. The van der Waals surface area contributed by atoms with Gasteiger partial charge in [-0.1, -0.05) is 30.3 Å². The number of carbonyl (C=O) groups excluding carboxylic acids is 1. The number of piperidine rings is 1. The number of aromatic amines is 1. The van der Waals surface area contributed by atoms with E-state index in [1.807, 2.05) is 6.92 Å². The van der Waals surface area contributed by atoms with Crippen molar-refractivity contribution in [2.45, 2.75) is 45.1 Å². The summed E-state index contributed by atoms with van der Waals surface area (Å²) < 4.78 is 38.7. The van der Waals surface area contributed by atoms with E-state index in [4.69, 9.17) is 10.4 Å². The monoisotopic (exact) mass is 558 g/mol. The van der Waals surface area contributed by atoms with Crippen LogP contribution in [0.1, 0.15) is 35.4 Å². The van der Waals surface area contributed by atoms with Gasteiger partial charge >= 0.3 is 12.2 Å². The summed E-state index contributed by atoms with van der Waals surface area (Å²) in [6.45, 7) is 8.51. The Labute approximate surface area is 230 Å². The Morgan fingerprint density at radius 2 is 1.80 bits per heavy atom. The van der Waals surface area contributed by atoms with Crippen LogP contribution in [0.4, 0.5) is 23.7 Å². The van der Waals surface area contributed by atoms with Crippen molar-refractivity contribution in [2.75, 3.05) is 24.9 Å². The van der Waals surface area contributed by atoms with Crippen molar-refractivity contribution < 1.29 is 28.4 Å². The number of urea groups is 1. The number of anilines is 1. The third kappa shape index (κ3) is 7.20. The molecule has 0 radical (unpaired) electrons. The van der Waals surface area contributed by atoms with Crippen LogP contribution in [-0.4, -0.2) is 61.9 Å². The maximum absolute atomic E-state index is 13.0. The van der Waals surface area contributed by atoms with Gasteiger partial charge in [0.2, 0.25) is 0 Å². The molecule has 0 spiro atoms. The molecule has 1 aliphatic heterocycles. The fourth-order valence-corrected chi connectivity index (χ4v) is 4.77. The first kappa shape index (κ1) is 29.1. The molecule has 0 atom stereocenters. The number of nitrogens with zero attached hydrogens (tertiary/aromatic N) is 4. The molecule has 1 saturated heterocycles. The van der Waals surface area contributed by atoms with Gasteiger partial charge in [0.15, 0.2) is 0 Å². The average Bonchev–Trinajstić information content (AvgIpc) is 3.30. The quantitative estimate of drug-likeness (QED) is 0.208. The van der Waals surface area contributed by atoms with Gasteiger partial charge in [-0.25, -0.2) is 9.78 Å². The van der Waals surface area contributed by atoms with Crippen LogP contribution in [0.25, 0.3) is 11.4 Å². The molecular weight excluding hydrogens is 525 g/mol. The standard InChI is InChI=1S/C28H33F3N6O3/c1-3-14-36(27(38)32-17-20-4-10-24(11-5-20)37(39)40)23-12-15-35(16-13-23)18-25-19(2)33-26(34-25)21-6-8-22(9-7-21)28(29,30)31/h3-11,23,39-40H,1,12-18H2,2H3,(H,32,38)(H,33,34). The summed E-state index contributed by atoms with van der Waals surface area (Å²) in [5.41, 5.74) is 2.63. The van der Waals surface area contributed by atoms with Gasteiger partial charge in [0, 0.05) is 50.0 Å². The number of hydrogen-bond acceptors (Lipinski definition) is 6. The van der Waals surface area contributed by atoms with E-state index < -0.39 is 11.7 Å². The van der Waals surface area contributed by atoms with Crippen molar-refractivity contribution in [3.8, 4) is 11.4 Å². The molecule has 2 aromatic carbocycles. The van der Waals surface area contributed by atoms with E-state index in [1.165, 1.54) is 24.3 Å². The lowest BCUT2D eigenvalue weighted by molar-refractivity contribution is -0.137. The van der Waals surface area contributed by atoms with E-state index in [1.54, 1.807) is 23.1 Å². The fraction of sp³-hybridized carbons (Fsp3) is 0.357. The summed E-state index contributed by atoms with van der Waals surface area (Å²) >= 11 is 0. The number of rotatable bonds is 9. The van der Waals surface area contributed by atoms with Crippen LogP contribution >= 0.6 is 0 Å². The van der Waals surface area contributed by atoms with E-state index in [9.17, 15) is 18.0 Å². The predicted octanol–water partition coefficient (Wildman–Crippen LogP) is 5.35. The minimum Gasteiger partial charge on any atom is -0.342 e. The molecule has 3 aromatic rings.